The Morgan fingerprint density at radius 1 is 1.24 bits per heavy atom. The second-order valence-corrected chi connectivity index (χ2v) is 6.74. The third-order valence-electron chi connectivity index (χ3n) is 3.76. The second-order valence-electron chi connectivity index (χ2n) is 5.88. The van der Waals surface area contributed by atoms with E-state index < -0.39 is 0 Å². The van der Waals surface area contributed by atoms with Gasteiger partial charge in [0.25, 0.3) is 0 Å². The Hall–Kier alpha value is -1.10. The Morgan fingerprint density at radius 3 is 2.76 bits per heavy atom. The lowest BCUT2D eigenvalue weighted by atomic mass is 10.1. The van der Waals surface area contributed by atoms with Crippen LogP contribution in [0.2, 0.25) is 0 Å². The van der Waals surface area contributed by atoms with E-state index >= 15 is 0 Å². The molecule has 1 aromatic heterocycles. The fourth-order valence-corrected chi connectivity index (χ4v) is 2.97. The summed E-state index contributed by atoms with van der Waals surface area (Å²) in [7, 11) is 2.13. The normalized spacial score (nSPS) is 14.8. The van der Waals surface area contributed by atoms with Gasteiger partial charge in [-0.1, -0.05) is 28.1 Å². The second kappa shape index (κ2) is 6.77. The third-order valence-corrected chi connectivity index (χ3v) is 4.50. The number of hydrogen-bond donors (Lipinski definition) is 1. The topological polar surface area (TPSA) is 28.4 Å². The van der Waals surface area contributed by atoms with Gasteiger partial charge < -0.3 is 9.73 Å². The summed E-state index contributed by atoms with van der Waals surface area (Å²) in [5, 5.41) is 3.55. The van der Waals surface area contributed by atoms with Crippen molar-refractivity contribution in [1.82, 2.24) is 10.2 Å². The van der Waals surface area contributed by atoms with Crippen molar-refractivity contribution in [2.45, 2.75) is 38.5 Å². The molecule has 1 N–H and O–H groups in total. The first-order chi connectivity index (χ1) is 10.2. The molecule has 3 nitrogen and oxygen atoms in total. The van der Waals surface area contributed by atoms with Crippen LogP contribution in [0.3, 0.4) is 0 Å². The minimum Gasteiger partial charge on any atom is -0.472 e. The zero-order valence-corrected chi connectivity index (χ0v) is 13.9. The molecule has 0 amide bonds. The van der Waals surface area contributed by atoms with E-state index in [9.17, 15) is 0 Å². The summed E-state index contributed by atoms with van der Waals surface area (Å²) in [5.74, 6) is 0. The summed E-state index contributed by atoms with van der Waals surface area (Å²) in [4.78, 5) is 2.28. The predicted octanol–water partition coefficient (Wildman–Crippen LogP) is 3.93. The van der Waals surface area contributed by atoms with Crippen molar-refractivity contribution in [3.05, 3.63) is 58.0 Å². The molecule has 112 valence electrons. The van der Waals surface area contributed by atoms with Crippen LogP contribution in [0.4, 0.5) is 0 Å². The lowest BCUT2D eigenvalue weighted by molar-refractivity contribution is 0.317. The van der Waals surface area contributed by atoms with E-state index in [0.29, 0.717) is 0 Å². The monoisotopic (exact) mass is 348 g/mol. The Balaban J connectivity index is 1.56. The molecule has 1 aliphatic carbocycles. The summed E-state index contributed by atoms with van der Waals surface area (Å²) >= 11 is 3.70. The first-order valence-corrected chi connectivity index (χ1v) is 8.20. The number of furan rings is 1. The maximum atomic E-state index is 5.11. The van der Waals surface area contributed by atoms with E-state index in [1.165, 1.54) is 34.0 Å². The quantitative estimate of drug-likeness (QED) is 0.821. The van der Waals surface area contributed by atoms with Gasteiger partial charge in [0, 0.05) is 35.7 Å². The van der Waals surface area contributed by atoms with Crippen molar-refractivity contribution < 1.29 is 4.42 Å². The average Bonchev–Trinajstić information content (AvgIpc) is 3.16. The van der Waals surface area contributed by atoms with Crippen molar-refractivity contribution >= 4 is 15.9 Å². The molecular weight excluding hydrogens is 328 g/mol. The van der Waals surface area contributed by atoms with Crippen molar-refractivity contribution in [1.29, 1.82) is 0 Å². The molecule has 0 bridgehead atoms. The van der Waals surface area contributed by atoms with Gasteiger partial charge in [0.1, 0.15) is 0 Å². The Bertz CT molecular complexity index is 578. The molecule has 0 saturated heterocycles. The van der Waals surface area contributed by atoms with Crippen molar-refractivity contribution in [2.75, 3.05) is 7.05 Å². The molecule has 4 heteroatoms. The largest absolute Gasteiger partial charge is 0.472 e. The van der Waals surface area contributed by atoms with Gasteiger partial charge in [0.2, 0.25) is 0 Å². The number of benzene rings is 1. The van der Waals surface area contributed by atoms with E-state index in [4.69, 9.17) is 4.42 Å². The smallest absolute Gasteiger partial charge is 0.0947 e. The molecule has 0 unspecified atom stereocenters. The molecule has 0 spiro atoms. The maximum Gasteiger partial charge on any atom is 0.0947 e. The van der Waals surface area contributed by atoms with Crippen LogP contribution in [-0.2, 0) is 19.6 Å². The average molecular weight is 349 g/mol. The molecule has 1 heterocycles. The van der Waals surface area contributed by atoms with E-state index in [1.807, 2.05) is 6.07 Å². The molecule has 1 fully saturated rings. The minimum atomic E-state index is 0.754. The van der Waals surface area contributed by atoms with Crippen molar-refractivity contribution in [3.8, 4) is 0 Å². The summed E-state index contributed by atoms with van der Waals surface area (Å²) in [6, 6.07) is 9.44. The summed E-state index contributed by atoms with van der Waals surface area (Å²) in [6.07, 6.45) is 6.19. The highest BCUT2D eigenvalue weighted by atomic mass is 79.9. The van der Waals surface area contributed by atoms with Crippen LogP contribution in [0.15, 0.2) is 45.7 Å². The van der Waals surface area contributed by atoms with Gasteiger partial charge in [-0.25, -0.2) is 0 Å². The lowest BCUT2D eigenvalue weighted by Crippen LogP contribution is -2.18. The molecule has 0 aliphatic heterocycles. The molecular formula is C17H21BrN2O. The summed E-state index contributed by atoms with van der Waals surface area (Å²) in [5.41, 5.74) is 3.87. The number of hydrogen-bond acceptors (Lipinski definition) is 3. The Labute approximate surface area is 134 Å². The van der Waals surface area contributed by atoms with Crippen LogP contribution in [0, 0.1) is 0 Å². The molecule has 2 aromatic rings. The van der Waals surface area contributed by atoms with Gasteiger partial charge in [-0.2, -0.15) is 0 Å². The predicted molar refractivity (Wildman–Crippen MR) is 87.9 cm³/mol. The van der Waals surface area contributed by atoms with E-state index in [1.54, 1.807) is 12.5 Å². The highest BCUT2D eigenvalue weighted by Crippen LogP contribution is 2.23. The summed E-state index contributed by atoms with van der Waals surface area (Å²) in [6.45, 7) is 2.78. The van der Waals surface area contributed by atoms with Crippen molar-refractivity contribution in [3.63, 3.8) is 0 Å². The SMILES string of the molecule is CN(Cc1ccoc1)Cc1ccc(CNC2CC2)cc1Br. The molecule has 1 aliphatic rings. The molecule has 0 radical (unpaired) electrons. The van der Waals surface area contributed by atoms with Crippen LogP contribution in [0.25, 0.3) is 0 Å². The van der Waals surface area contributed by atoms with Gasteiger partial charge in [0.15, 0.2) is 0 Å². The van der Waals surface area contributed by atoms with Gasteiger partial charge >= 0.3 is 0 Å². The Morgan fingerprint density at radius 2 is 2.10 bits per heavy atom. The van der Waals surface area contributed by atoms with Crippen molar-refractivity contribution in [2.24, 2.45) is 0 Å². The van der Waals surface area contributed by atoms with Crippen LogP contribution < -0.4 is 5.32 Å². The fourth-order valence-electron chi connectivity index (χ4n) is 2.42. The number of rotatable bonds is 7. The van der Waals surface area contributed by atoms with E-state index in [-0.39, 0.29) is 0 Å². The summed E-state index contributed by atoms with van der Waals surface area (Å²) < 4.78 is 6.30. The van der Waals surface area contributed by atoms with Crippen LogP contribution in [-0.4, -0.2) is 18.0 Å². The van der Waals surface area contributed by atoms with Crippen LogP contribution in [0.1, 0.15) is 29.5 Å². The number of nitrogens with zero attached hydrogens (tertiary/aromatic N) is 1. The zero-order chi connectivity index (χ0) is 14.7. The highest BCUT2D eigenvalue weighted by molar-refractivity contribution is 9.10. The van der Waals surface area contributed by atoms with E-state index in [2.05, 4.69) is 51.4 Å². The lowest BCUT2D eigenvalue weighted by Gasteiger charge is -2.17. The van der Waals surface area contributed by atoms with Crippen LogP contribution in [0.5, 0.6) is 0 Å². The first-order valence-electron chi connectivity index (χ1n) is 7.41. The first kappa shape index (κ1) is 14.8. The standard InChI is InChI=1S/C17H21BrN2O/c1-20(10-14-6-7-21-12-14)11-15-3-2-13(8-17(15)18)9-19-16-4-5-16/h2-3,6-8,12,16,19H,4-5,9-11H2,1H3. The minimum absolute atomic E-state index is 0.754. The number of nitrogens with one attached hydrogen (secondary N) is 1. The van der Waals surface area contributed by atoms with Gasteiger partial charge in [-0.05, 0) is 43.1 Å². The highest BCUT2D eigenvalue weighted by Gasteiger charge is 2.20. The molecule has 0 atom stereocenters. The molecule has 3 rings (SSSR count). The number of halogens is 1. The maximum absolute atomic E-state index is 5.11. The van der Waals surface area contributed by atoms with Gasteiger partial charge in [-0.15, -0.1) is 0 Å². The molecule has 1 saturated carbocycles. The fraction of sp³-hybridized carbons (Fsp3) is 0.412. The van der Waals surface area contributed by atoms with Crippen LogP contribution >= 0.6 is 15.9 Å². The third kappa shape index (κ3) is 4.43. The van der Waals surface area contributed by atoms with Gasteiger partial charge in [0.05, 0.1) is 12.5 Å². The van der Waals surface area contributed by atoms with Gasteiger partial charge in [-0.3, -0.25) is 4.90 Å². The molecule has 21 heavy (non-hydrogen) atoms. The molecule has 1 aromatic carbocycles. The zero-order valence-electron chi connectivity index (χ0n) is 12.3. The Kier molecular flexibility index (Phi) is 4.78. The van der Waals surface area contributed by atoms with E-state index in [0.717, 1.165) is 25.7 Å².